The van der Waals surface area contributed by atoms with E-state index in [1.54, 1.807) is 24.1 Å². The topological polar surface area (TPSA) is 88.1 Å². The molecule has 0 saturated carbocycles. The molecule has 1 fully saturated rings. The van der Waals surface area contributed by atoms with E-state index < -0.39 is 17.1 Å². The molecule has 174 valence electrons. The van der Waals surface area contributed by atoms with Crippen LogP contribution in [0, 0.1) is 11.3 Å². The van der Waals surface area contributed by atoms with Gasteiger partial charge in [-0.15, -0.1) is 0 Å². The van der Waals surface area contributed by atoms with Crippen LogP contribution in [0.4, 0.5) is 0 Å². The molecule has 0 aromatic heterocycles. The van der Waals surface area contributed by atoms with E-state index >= 15 is 0 Å². The van der Waals surface area contributed by atoms with Crippen molar-refractivity contribution in [3.8, 4) is 0 Å². The average molecular weight is 455 g/mol. The van der Waals surface area contributed by atoms with Gasteiger partial charge in [0.15, 0.2) is 0 Å². The minimum atomic E-state index is -1.08. The van der Waals surface area contributed by atoms with Crippen molar-refractivity contribution in [1.82, 2.24) is 10.2 Å². The quantitative estimate of drug-likeness (QED) is 0.560. The summed E-state index contributed by atoms with van der Waals surface area (Å²) in [6.45, 7) is 9.05. The Hall–Kier alpha value is -1.67. The molecule has 8 heteroatoms. The Balaban J connectivity index is 2.07. The van der Waals surface area contributed by atoms with E-state index in [4.69, 9.17) is 21.1 Å². The van der Waals surface area contributed by atoms with Crippen molar-refractivity contribution >= 4 is 23.4 Å². The van der Waals surface area contributed by atoms with Crippen molar-refractivity contribution in [3.05, 3.63) is 34.9 Å². The van der Waals surface area contributed by atoms with Gasteiger partial charge in [-0.1, -0.05) is 51.4 Å². The van der Waals surface area contributed by atoms with Gasteiger partial charge in [0.05, 0.1) is 18.8 Å². The zero-order valence-electron chi connectivity index (χ0n) is 19.1. The van der Waals surface area contributed by atoms with Crippen LogP contribution in [0.3, 0.4) is 0 Å². The second kappa shape index (κ2) is 10.8. The third-order valence-corrected chi connectivity index (χ3v) is 6.25. The molecule has 1 aliphatic heterocycles. The molecule has 7 nitrogen and oxygen atoms in total. The molecular weight excluding hydrogens is 420 g/mol. The highest BCUT2D eigenvalue weighted by Gasteiger charge is 2.50. The van der Waals surface area contributed by atoms with Gasteiger partial charge in [-0.2, -0.15) is 0 Å². The van der Waals surface area contributed by atoms with Crippen LogP contribution in [-0.4, -0.2) is 67.9 Å². The molecule has 31 heavy (non-hydrogen) atoms. The first-order valence-electron chi connectivity index (χ1n) is 10.6. The number of ether oxygens (including phenoxy) is 2. The summed E-state index contributed by atoms with van der Waals surface area (Å²) < 4.78 is 10.1. The first-order valence-corrected chi connectivity index (χ1v) is 11.0. The van der Waals surface area contributed by atoms with Gasteiger partial charge in [-0.3, -0.25) is 9.59 Å². The first-order chi connectivity index (χ1) is 14.5. The molecule has 1 saturated heterocycles. The van der Waals surface area contributed by atoms with E-state index in [2.05, 4.69) is 5.32 Å². The van der Waals surface area contributed by atoms with Crippen molar-refractivity contribution in [2.45, 2.75) is 45.8 Å². The summed E-state index contributed by atoms with van der Waals surface area (Å²) in [5, 5.41) is 14.9. The summed E-state index contributed by atoms with van der Waals surface area (Å²) in [4.78, 5) is 27.3. The molecule has 0 radical (unpaired) electrons. The van der Waals surface area contributed by atoms with Gasteiger partial charge in [-0.05, 0) is 30.0 Å². The number of carbonyl (C=O) groups excluding carboxylic acids is 2. The SMILES string of the molecule is COCCOCC(=O)N[C@@H](C(=O)N1CC[C@](O)(c2ccc(Cl)cc2)C(C)(C)C1)C(C)C. The van der Waals surface area contributed by atoms with E-state index in [1.165, 1.54) is 0 Å². The maximum Gasteiger partial charge on any atom is 0.246 e. The maximum atomic E-state index is 13.3. The van der Waals surface area contributed by atoms with Gasteiger partial charge in [0.2, 0.25) is 11.8 Å². The molecule has 0 spiro atoms. The number of halogens is 1. The van der Waals surface area contributed by atoms with Crippen LogP contribution in [-0.2, 0) is 24.7 Å². The number of aliphatic hydroxyl groups is 1. The summed E-state index contributed by atoms with van der Waals surface area (Å²) >= 11 is 6.00. The minimum Gasteiger partial charge on any atom is -0.384 e. The number of likely N-dealkylation sites (tertiary alicyclic amines) is 1. The molecule has 2 rings (SSSR count). The van der Waals surface area contributed by atoms with Gasteiger partial charge in [0.25, 0.3) is 0 Å². The standard InChI is InChI=1S/C23H35ClN2O5/c1-16(2)20(25-19(27)14-31-13-12-30-5)21(28)26-11-10-23(29,22(3,4)15-26)17-6-8-18(24)9-7-17/h6-9,16,20,29H,10-15H2,1-5H3,(H,25,27)/t20-,23+/m1/s1. The largest absolute Gasteiger partial charge is 0.384 e. The van der Waals surface area contributed by atoms with E-state index in [0.717, 1.165) is 5.56 Å². The molecular formula is C23H35ClN2O5. The van der Waals surface area contributed by atoms with Crippen LogP contribution >= 0.6 is 11.6 Å². The van der Waals surface area contributed by atoms with E-state index in [0.29, 0.717) is 37.7 Å². The lowest BCUT2D eigenvalue weighted by Gasteiger charge is -2.51. The van der Waals surface area contributed by atoms with Crippen molar-refractivity contribution in [3.63, 3.8) is 0 Å². The van der Waals surface area contributed by atoms with Gasteiger partial charge >= 0.3 is 0 Å². The molecule has 0 unspecified atom stereocenters. The van der Waals surface area contributed by atoms with Crippen LogP contribution in [0.15, 0.2) is 24.3 Å². The summed E-state index contributed by atoms with van der Waals surface area (Å²) in [5.41, 5.74) is -0.889. The number of rotatable bonds is 9. The van der Waals surface area contributed by atoms with Gasteiger partial charge in [-0.25, -0.2) is 0 Å². The Bertz CT molecular complexity index is 753. The summed E-state index contributed by atoms with van der Waals surface area (Å²) in [6.07, 6.45) is 0.395. The Kier molecular flexibility index (Phi) is 8.89. The predicted molar refractivity (Wildman–Crippen MR) is 120 cm³/mol. The fourth-order valence-corrected chi connectivity index (χ4v) is 4.13. The zero-order valence-corrected chi connectivity index (χ0v) is 19.9. The first kappa shape index (κ1) is 25.6. The second-order valence-corrected chi connectivity index (χ2v) is 9.53. The molecule has 0 bridgehead atoms. The van der Waals surface area contributed by atoms with E-state index in [1.807, 2.05) is 39.8 Å². The molecule has 2 N–H and O–H groups in total. The predicted octanol–water partition coefficient (Wildman–Crippen LogP) is 2.59. The summed E-state index contributed by atoms with van der Waals surface area (Å²) in [6, 6.07) is 6.55. The molecule has 0 aliphatic carbocycles. The van der Waals surface area contributed by atoms with Crippen LogP contribution in [0.25, 0.3) is 0 Å². The average Bonchev–Trinajstić information content (AvgIpc) is 2.71. The van der Waals surface area contributed by atoms with Gasteiger partial charge in [0.1, 0.15) is 12.6 Å². The number of carbonyl (C=O) groups is 2. The fourth-order valence-electron chi connectivity index (χ4n) is 4.00. The van der Waals surface area contributed by atoms with E-state index in [9.17, 15) is 14.7 Å². The third kappa shape index (κ3) is 6.19. The molecule has 2 amide bonds. The number of benzene rings is 1. The number of piperidine rings is 1. The highest BCUT2D eigenvalue weighted by molar-refractivity contribution is 6.30. The van der Waals surface area contributed by atoms with Crippen LogP contribution in [0.2, 0.25) is 5.02 Å². The number of nitrogens with one attached hydrogen (secondary N) is 1. The highest BCUT2D eigenvalue weighted by Crippen LogP contribution is 2.46. The molecule has 1 heterocycles. The summed E-state index contributed by atoms with van der Waals surface area (Å²) in [5.74, 6) is -0.570. The summed E-state index contributed by atoms with van der Waals surface area (Å²) in [7, 11) is 1.56. The number of hydrogen-bond donors (Lipinski definition) is 2. The fraction of sp³-hybridized carbons (Fsp3) is 0.652. The van der Waals surface area contributed by atoms with Crippen molar-refractivity contribution in [2.24, 2.45) is 11.3 Å². The maximum absolute atomic E-state index is 13.3. The lowest BCUT2D eigenvalue weighted by Crippen LogP contribution is -2.60. The molecule has 1 aliphatic rings. The highest BCUT2D eigenvalue weighted by atomic mass is 35.5. The van der Waals surface area contributed by atoms with Crippen molar-refractivity contribution in [1.29, 1.82) is 0 Å². The molecule has 2 atom stereocenters. The minimum absolute atomic E-state index is 0.0874. The monoisotopic (exact) mass is 454 g/mol. The Labute approximate surface area is 190 Å². The van der Waals surface area contributed by atoms with E-state index in [-0.39, 0.29) is 24.3 Å². The Morgan fingerprint density at radius 3 is 2.42 bits per heavy atom. The number of hydrogen-bond acceptors (Lipinski definition) is 5. The van der Waals surface area contributed by atoms with Crippen LogP contribution in [0.5, 0.6) is 0 Å². The second-order valence-electron chi connectivity index (χ2n) is 9.10. The smallest absolute Gasteiger partial charge is 0.246 e. The normalized spacial score (nSPS) is 21.7. The lowest BCUT2D eigenvalue weighted by atomic mass is 9.66. The lowest BCUT2D eigenvalue weighted by molar-refractivity contribution is -0.157. The Morgan fingerprint density at radius 1 is 1.23 bits per heavy atom. The van der Waals surface area contributed by atoms with Crippen molar-refractivity contribution in [2.75, 3.05) is 40.0 Å². The third-order valence-electron chi connectivity index (χ3n) is 6.00. The number of methoxy groups -OCH3 is 1. The Morgan fingerprint density at radius 2 is 1.87 bits per heavy atom. The number of amides is 2. The number of nitrogens with zero attached hydrogens (tertiary/aromatic N) is 1. The van der Waals surface area contributed by atoms with Gasteiger partial charge in [0, 0.05) is 30.6 Å². The zero-order chi connectivity index (χ0) is 23.2. The van der Waals surface area contributed by atoms with Gasteiger partial charge < -0.3 is 24.8 Å². The van der Waals surface area contributed by atoms with Crippen LogP contribution in [0.1, 0.15) is 39.7 Å². The molecule has 1 aromatic carbocycles. The van der Waals surface area contributed by atoms with Crippen molar-refractivity contribution < 1.29 is 24.2 Å². The molecule has 1 aromatic rings. The van der Waals surface area contributed by atoms with Crippen LogP contribution < -0.4 is 5.32 Å².